The maximum Gasteiger partial charge on any atom is 0.341 e. The topological polar surface area (TPSA) is 102 Å². The summed E-state index contributed by atoms with van der Waals surface area (Å²) >= 11 is 1.20. The number of hydrogen-bond donors (Lipinski definition) is 3. The monoisotopic (exact) mass is 306 g/mol. The molecular weight excluding hydrogens is 292 g/mol. The standard InChI is InChI=1S/C14H14N2O4S/c1-2-20-14(19)9-5-6-21-13(9)16-12(18)10-7-8(17)3-4-11(10)15/h3-7,17H,2,15H2,1H3,(H,16,18). The Bertz CT molecular complexity index is 681. The van der Waals surface area contributed by atoms with E-state index in [-0.39, 0.29) is 29.2 Å². The van der Waals surface area contributed by atoms with Crippen molar-refractivity contribution >= 4 is 33.9 Å². The summed E-state index contributed by atoms with van der Waals surface area (Å²) in [4.78, 5) is 23.9. The molecule has 1 aromatic heterocycles. The number of esters is 1. The first kappa shape index (κ1) is 14.9. The van der Waals surface area contributed by atoms with Crippen LogP contribution in [0.2, 0.25) is 0 Å². The number of thiophene rings is 1. The Morgan fingerprint density at radius 3 is 2.81 bits per heavy atom. The van der Waals surface area contributed by atoms with Crippen LogP contribution in [0.1, 0.15) is 27.6 Å². The Balaban J connectivity index is 2.22. The minimum atomic E-state index is -0.503. The van der Waals surface area contributed by atoms with Gasteiger partial charge in [0.15, 0.2) is 0 Å². The molecule has 7 heteroatoms. The van der Waals surface area contributed by atoms with Crippen LogP contribution in [-0.4, -0.2) is 23.6 Å². The summed E-state index contributed by atoms with van der Waals surface area (Å²) in [6.07, 6.45) is 0. The van der Waals surface area contributed by atoms with Crippen LogP contribution >= 0.6 is 11.3 Å². The number of aromatic hydroxyl groups is 1. The van der Waals surface area contributed by atoms with Crippen LogP contribution in [0.3, 0.4) is 0 Å². The van der Waals surface area contributed by atoms with E-state index in [1.54, 1.807) is 18.4 Å². The van der Waals surface area contributed by atoms with Crippen molar-refractivity contribution in [2.75, 3.05) is 17.7 Å². The molecule has 0 saturated carbocycles. The summed E-state index contributed by atoms with van der Waals surface area (Å²) in [7, 11) is 0. The highest BCUT2D eigenvalue weighted by Crippen LogP contribution is 2.26. The van der Waals surface area contributed by atoms with Gasteiger partial charge in [0.2, 0.25) is 0 Å². The van der Waals surface area contributed by atoms with Gasteiger partial charge in [0.1, 0.15) is 10.8 Å². The van der Waals surface area contributed by atoms with Crippen LogP contribution in [-0.2, 0) is 4.74 Å². The van der Waals surface area contributed by atoms with Gasteiger partial charge in [0.25, 0.3) is 5.91 Å². The number of ether oxygens (including phenoxy) is 1. The van der Waals surface area contributed by atoms with Crippen LogP contribution < -0.4 is 11.1 Å². The number of rotatable bonds is 4. The number of phenolic OH excluding ortho intramolecular Hbond substituents is 1. The third-order valence-corrected chi connectivity index (χ3v) is 3.50. The Kier molecular flexibility index (Phi) is 4.44. The van der Waals surface area contributed by atoms with Gasteiger partial charge in [-0.1, -0.05) is 0 Å². The van der Waals surface area contributed by atoms with Gasteiger partial charge in [-0.25, -0.2) is 4.79 Å². The summed E-state index contributed by atoms with van der Waals surface area (Å²) in [6, 6.07) is 5.67. The molecule has 0 spiro atoms. The van der Waals surface area contributed by atoms with Gasteiger partial charge in [0.05, 0.1) is 17.7 Å². The SMILES string of the molecule is CCOC(=O)c1ccsc1NC(=O)c1cc(O)ccc1N. The molecule has 0 aliphatic heterocycles. The minimum Gasteiger partial charge on any atom is -0.508 e. The van der Waals surface area contributed by atoms with Crippen LogP contribution in [0.5, 0.6) is 5.75 Å². The van der Waals surface area contributed by atoms with Crippen molar-refractivity contribution in [3.05, 3.63) is 40.8 Å². The van der Waals surface area contributed by atoms with Crippen LogP contribution in [0.4, 0.5) is 10.7 Å². The molecule has 6 nitrogen and oxygen atoms in total. The van der Waals surface area contributed by atoms with Crippen molar-refractivity contribution in [2.45, 2.75) is 6.92 Å². The summed E-state index contributed by atoms with van der Waals surface area (Å²) < 4.78 is 4.91. The van der Waals surface area contributed by atoms with E-state index in [0.717, 1.165) is 0 Å². The average molecular weight is 306 g/mol. The number of nitrogens with one attached hydrogen (secondary N) is 1. The highest BCUT2D eigenvalue weighted by molar-refractivity contribution is 7.14. The zero-order valence-corrected chi connectivity index (χ0v) is 12.1. The van der Waals surface area contributed by atoms with Crippen molar-refractivity contribution < 1.29 is 19.4 Å². The lowest BCUT2D eigenvalue weighted by Crippen LogP contribution is -2.15. The first-order valence-electron chi connectivity index (χ1n) is 6.17. The van der Waals surface area contributed by atoms with Gasteiger partial charge in [-0.05, 0) is 36.6 Å². The number of carbonyl (C=O) groups excluding carboxylic acids is 2. The zero-order valence-electron chi connectivity index (χ0n) is 11.3. The molecule has 0 aliphatic carbocycles. The first-order chi connectivity index (χ1) is 10.0. The Morgan fingerprint density at radius 2 is 2.10 bits per heavy atom. The molecule has 1 amide bonds. The Hall–Kier alpha value is -2.54. The number of nitrogens with two attached hydrogens (primary N) is 1. The van der Waals surface area contributed by atoms with E-state index in [1.807, 2.05) is 0 Å². The van der Waals surface area contributed by atoms with Crippen LogP contribution in [0.15, 0.2) is 29.6 Å². The second kappa shape index (κ2) is 6.27. The van der Waals surface area contributed by atoms with Gasteiger partial charge in [-0.2, -0.15) is 0 Å². The van der Waals surface area contributed by atoms with Gasteiger partial charge < -0.3 is 20.9 Å². The van der Waals surface area contributed by atoms with Crippen LogP contribution in [0, 0.1) is 0 Å². The normalized spacial score (nSPS) is 10.1. The molecular formula is C14H14N2O4S. The molecule has 1 aromatic carbocycles. The fourth-order valence-electron chi connectivity index (χ4n) is 1.69. The molecule has 1 heterocycles. The van der Waals surface area contributed by atoms with Crippen molar-refractivity contribution in [1.82, 2.24) is 0 Å². The van der Waals surface area contributed by atoms with Crippen molar-refractivity contribution in [3.8, 4) is 5.75 Å². The number of nitrogen functional groups attached to an aromatic ring is 1. The van der Waals surface area contributed by atoms with Gasteiger partial charge in [0, 0.05) is 5.69 Å². The Labute approximate surface area is 125 Å². The summed E-state index contributed by atoms with van der Waals surface area (Å²) in [6.45, 7) is 1.96. The molecule has 4 N–H and O–H groups in total. The van der Waals surface area contributed by atoms with Gasteiger partial charge >= 0.3 is 5.97 Å². The summed E-state index contributed by atoms with van der Waals surface area (Å²) in [5.74, 6) is -1.07. The number of anilines is 2. The number of amides is 1. The molecule has 2 aromatic rings. The van der Waals surface area contributed by atoms with E-state index < -0.39 is 11.9 Å². The molecule has 2 rings (SSSR count). The van der Waals surface area contributed by atoms with E-state index in [1.165, 1.54) is 29.5 Å². The fourth-order valence-corrected chi connectivity index (χ4v) is 2.46. The quantitative estimate of drug-likeness (QED) is 0.457. The number of phenols is 1. The van der Waals surface area contributed by atoms with E-state index in [0.29, 0.717) is 5.00 Å². The van der Waals surface area contributed by atoms with Crippen molar-refractivity contribution in [1.29, 1.82) is 0 Å². The minimum absolute atomic E-state index is 0.0638. The fraction of sp³-hybridized carbons (Fsp3) is 0.143. The van der Waals surface area contributed by atoms with Crippen molar-refractivity contribution in [2.24, 2.45) is 0 Å². The molecule has 0 unspecified atom stereocenters. The lowest BCUT2D eigenvalue weighted by Gasteiger charge is -2.08. The van der Waals surface area contributed by atoms with Gasteiger partial charge in [-0.3, -0.25) is 4.79 Å². The van der Waals surface area contributed by atoms with Crippen molar-refractivity contribution in [3.63, 3.8) is 0 Å². The third-order valence-electron chi connectivity index (χ3n) is 2.67. The largest absolute Gasteiger partial charge is 0.508 e. The molecule has 21 heavy (non-hydrogen) atoms. The van der Waals surface area contributed by atoms with E-state index in [4.69, 9.17) is 10.5 Å². The Morgan fingerprint density at radius 1 is 1.33 bits per heavy atom. The average Bonchev–Trinajstić information content (AvgIpc) is 2.90. The smallest absolute Gasteiger partial charge is 0.341 e. The maximum absolute atomic E-state index is 12.2. The number of benzene rings is 1. The van der Waals surface area contributed by atoms with Crippen LogP contribution in [0.25, 0.3) is 0 Å². The summed E-state index contributed by atoms with van der Waals surface area (Å²) in [5.41, 5.74) is 6.36. The molecule has 110 valence electrons. The highest BCUT2D eigenvalue weighted by atomic mass is 32.1. The predicted octanol–water partition coefficient (Wildman–Crippen LogP) is 2.46. The van der Waals surface area contributed by atoms with E-state index in [2.05, 4.69) is 5.32 Å². The zero-order chi connectivity index (χ0) is 15.4. The predicted molar refractivity (Wildman–Crippen MR) is 80.7 cm³/mol. The van der Waals surface area contributed by atoms with E-state index in [9.17, 15) is 14.7 Å². The lowest BCUT2D eigenvalue weighted by molar-refractivity contribution is 0.0528. The molecule has 0 radical (unpaired) electrons. The molecule has 0 saturated heterocycles. The molecule has 0 fully saturated rings. The number of hydrogen-bond acceptors (Lipinski definition) is 6. The molecule has 0 bridgehead atoms. The first-order valence-corrected chi connectivity index (χ1v) is 7.05. The second-order valence-corrected chi connectivity index (χ2v) is 5.03. The highest BCUT2D eigenvalue weighted by Gasteiger charge is 2.18. The van der Waals surface area contributed by atoms with E-state index >= 15 is 0 Å². The lowest BCUT2D eigenvalue weighted by atomic mass is 10.1. The number of carbonyl (C=O) groups is 2. The maximum atomic E-state index is 12.2. The molecule has 0 aliphatic rings. The molecule has 0 atom stereocenters. The summed E-state index contributed by atoms with van der Waals surface area (Å²) in [5, 5.41) is 14.1. The second-order valence-electron chi connectivity index (χ2n) is 4.11. The van der Waals surface area contributed by atoms with Gasteiger partial charge in [-0.15, -0.1) is 11.3 Å². The third kappa shape index (κ3) is 3.32.